The van der Waals surface area contributed by atoms with Gasteiger partial charge in [-0.1, -0.05) is 30.3 Å². The summed E-state index contributed by atoms with van der Waals surface area (Å²) < 4.78 is 47.2. The van der Waals surface area contributed by atoms with Gasteiger partial charge in [0.2, 0.25) is 0 Å². The van der Waals surface area contributed by atoms with Gasteiger partial charge in [0.1, 0.15) is 11.5 Å². The molecule has 0 spiro atoms. The van der Waals surface area contributed by atoms with Crippen LogP contribution < -0.4 is 15.3 Å². The second-order valence-electron chi connectivity index (χ2n) is 6.72. The quantitative estimate of drug-likeness (QED) is 0.778. The van der Waals surface area contributed by atoms with Gasteiger partial charge in [-0.05, 0) is 54.5 Å². The first kappa shape index (κ1) is 19.5. The number of rotatable bonds is 5. The summed E-state index contributed by atoms with van der Waals surface area (Å²) >= 11 is 0. The zero-order chi connectivity index (χ0) is 19.4. The number of methoxy groups -OCH3 is 1. The van der Waals surface area contributed by atoms with E-state index in [1.165, 1.54) is 12.1 Å². The number of ether oxygens (including phenoxy) is 2. The van der Waals surface area contributed by atoms with Crippen LogP contribution in [0.1, 0.15) is 30.0 Å². The molecule has 2 unspecified atom stereocenters. The van der Waals surface area contributed by atoms with Crippen LogP contribution in [0.4, 0.5) is 13.2 Å². The predicted molar refractivity (Wildman–Crippen MR) is 96.2 cm³/mol. The Balaban J connectivity index is 1.87. The van der Waals surface area contributed by atoms with Crippen molar-refractivity contribution in [1.29, 1.82) is 0 Å². The molecular weight excluding hydrogens is 357 g/mol. The summed E-state index contributed by atoms with van der Waals surface area (Å²) in [5.41, 5.74) is 1.78. The highest BCUT2D eigenvalue weighted by Crippen LogP contribution is 2.39. The average Bonchev–Trinajstić information content (AvgIpc) is 2.61. The van der Waals surface area contributed by atoms with Crippen molar-refractivity contribution in [2.45, 2.75) is 31.7 Å². The molecule has 1 aliphatic rings. The molecule has 2 N–H and O–H groups in total. The van der Waals surface area contributed by atoms with E-state index >= 15 is 0 Å². The summed E-state index contributed by atoms with van der Waals surface area (Å²) in [6.45, 7) is 0.692. The molecule has 1 heterocycles. The summed E-state index contributed by atoms with van der Waals surface area (Å²) in [6, 6.07) is 13.7. The molecule has 27 heavy (non-hydrogen) atoms. The minimum absolute atomic E-state index is 0.154. The third-order valence-corrected chi connectivity index (χ3v) is 4.90. The molecule has 1 saturated heterocycles. The first-order valence-electron chi connectivity index (χ1n) is 8.86. The second-order valence-corrected chi connectivity index (χ2v) is 6.72. The summed E-state index contributed by atoms with van der Waals surface area (Å²) in [7, 11) is 1.63. The lowest BCUT2D eigenvalue weighted by molar-refractivity contribution is -0.274. The van der Waals surface area contributed by atoms with Crippen molar-refractivity contribution < 1.29 is 22.6 Å². The number of nitrogens with two attached hydrogens (primary N) is 1. The van der Waals surface area contributed by atoms with Crippen LogP contribution in [0.25, 0.3) is 0 Å². The molecule has 4 nitrogen and oxygen atoms in total. The van der Waals surface area contributed by atoms with E-state index in [1.807, 2.05) is 24.3 Å². The Hall–Kier alpha value is -2.25. The zero-order valence-electron chi connectivity index (χ0n) is 15.1. The third-order valence-electron chi connectivity index (χ3n) is 4.90. The molecule has 2 aromatic rings. The summed E-state index contributed by atoms with van der Waals surface area (Å²) in [6.07, 6.45) is -2.12. The van der Waals surface area contributed by atoms with Gasteiger partial charge in [-0.25, -0.2) is 5.01 Å². The first-order valence-corrected chi connectivity index (χ1v) is 8.86. The van der Waals surface area contributed by atoms with Crippen LogP contribution in [-0.4, -0.2) is 25.0 Å². The fraction of sp³-hybridized carbons (Fsp3) is 0.400. The largest absolute Gasteiger partial charge is 0.573 e. The topological polar surface area (TPSA) is 47.7 Å². The fourth-order valence-electron chi connectivity index (χ4n) is 3.83. The Labute approximate surface area is 156 Å². The third kappa shape index (κ3) is 4.93. The lowest BCUT2D eigenvalue weighted by atomic mass is 9.81. The maximum Gasteiger partial charge on any atom is 0.573 e. The van der Waals surface area contributed by atoms with E-state index in [4.69, 9.17) is 10.6 Å². The van der Waals surface area contributed by atoms with Crippen LogP contribution >= 0.6 is 0 Å². The predicted octanol–water partition coefficient (Wildman–Crippen LogP) is 4.46. The number of para-hydroxylation sites is 1. The highest BCUT2D eigenvalue weighted by atomic mass is 19.4. The van der Waals surface area contributed by atoms with E-state index in [9.17, 15) is 13.2 Å². The van der Waals surface area contributed by atoms with Crippen molar-refractivity contribution in [3.05, 3.63) is 59.7 Å². The van der Waals surface area contributed by atoms with Crippen LogP contribution in [0, 0.1) is 5.92 Å². The van der Waals surface area contributed by atoms with Gasteiger partial charge >= 0.3 is 6.36 Å². The van der Waals surface area contributed by atoms with Gasteiger partial charge in [0.15, 0.2) is 0 Å². The molecule has 1 aliphatic heterocycles. The van der Waals surface area contributed by atoms with Crippen molar-refractivity contribution >= 4 is 0 Å². The summed E-state index contributed by atoms with van der Waals surface area (Å²) in [5.74, 6) is 6.97. The molecule has 2 atom stereocenters. The number of hydrazine groups is 1. The van der Waals surface area contributed by atoms with E-state index in [-0.39, 0.29) is 17.7 Å². The van der Waals surface area contributed by atoms with Crippen molar-refractivity contribution in [2.75, 3.05) is 13.7 Å². The Kier molecular flexibility index (Phi) is 5.92. The zero-order valence-corrected chi connectivity index (χ0v) is 15.1. The lowest BCUT2D eigenvalue weighted by Gasteiger charge is -2.39. The SMILES string of the molecule is COc1ccccc1CC1CCCN(N)C1c1cccc(OC(F)(F)F)c1. The van der Waals surface area contributed by atoms with E-state index < -0.39 is 6.36 Å². The molecule has 146 valence electrons. The molecule has 0 saturated carbocycles. The number of hydrogen-bond acceptors (Lipinski definition) is 4. The van der Waals surface area contributed by atoms with Gasteiger partial charge in [0, 0.05) is 6.54 Å². The molecule has 2 aromatic carbocycles. The highest BCUT2D eigenvalue weighted by molar-refractivity contribution is 5.35. The number of piperidine rings is 1. The van der Waals surface area contributed by atoms with Crippen LogP contribution in [-0.2, 0) is 6.42 Å². The average molecular weight is 380 g/mol. The Bertz CT molecular complexity index is 767. The van der Waals surface area contributed by atoms with Crippen LogP contribution in [0.3, 0.4) is 0 Å². The number of benzene rings is 2. The lowest BCUT2D eigenvalue weighted by Crippen LogP contribution is -2.44. The number of hydrogen-bond donors (Lipinski definition) is 1. The molecule has 0 aromatic heterocycles. The molecule has 0 bridgehead atoms. The van der Waals surface area contributed by atoms with E-state index in [2.05, 4.69) is 4.74 Å². The molecule has 3 rings (SSSR count). The molecule has 0 amide bonds. The smallest absolute Gasteiger partial charge is 0.496 e. The van der Waals surface area contributed by atoms with Crippen LogP contribution in [0.2, 0.25) is 0 Å². The first-order chi connectivity index (χ1) is 12.9. The number of alkyl halides is 3. The fourth-order valence-corrected chi connectivity index (χ4v) is 3.83. The van der Waals surface area contributed by atoms with Crippen molar-refractivity contribution in [1.82, 2.24) is 5.01 Å². The molecular formula is C20H23F3N2O2. The molecule has 0 radical (unpaired) electrons. The van der Waals surface area contributed by atoms with Crippen molar-refractivity contribution in [3.8, 4) is 11.5 Å². The Morgan fingerprint density at radius 1 is 1.15 bits per heavy atom. The van der Waals surface area contributed by atoms with Gasteiger partial charge in [-0.15, -0.1) is 13.2 Å². The number of nitrogens with zero attached hydrogens (tertiary/aromatic N) is 1. The van der Waals surface area contributed by atoms with E-state index in [0.29, 0.717) is 6.54 Å². The van der Waals surface area contributed by atoms with E-state index in [0.717, 1.165) is 36.1 Å². The normalized spacial score (nSPS) is 21.1. The van der Waals surface area contributed by atoms with E-state index in [1.54, 1.807) is 24.3 Å². The molecule has 1 fully saturated rings. The van der Waals surface area contributed by atoms with Crippen LogP contribution in [0.15, 0.2) is 48.5 Å². The monoisotopic (exact) mass is 380 g/mol. The van der Waals surface area contributed by atoms with Gasteiger partial charge in [0.05, 0.1) is 13.2 Å². The maximum absolute atomic E-state index is 12.6. The maximum atomic E-state index is 12.6. The van der Waals surface area contributed by atoms with Gasteiger partial charge in [-0.2, -0.15) is 0 Å². The van der Waals surface area contributed by atoms with Crippen LogP contribution in [0.5, 0.6) is 11.5 Å². The number of halogens is 3. The van der Waals surface area contributed by atoms with Crippen molar-refractivity contribution in [2.24, 2.45) is 11.8 Å². The van der Waals surface area contributed by atoms with Gasteiger partial charge in [-0.3, -0.25) is 5.84 Å². The Morgan fingerprint density at radius 3 is 2.67 bits per heavy atom. The minimum atomic E-state index is -4.72. The summed E-state index contributed by atoms with van der Waals surface area (Å²) in [5, 5.41) is 1.72. The second kappa shape index (κ2) is 8.19. The van der Waals surface area contributed by atoms with Gasteiger partial charge < -0.3 is 9.47 Å². The van der Waals surface area contributed by atoms with Crippen molar-refractivity contribution in [3.63, 3.8) is 0 Å². The highest BCUT2D eigenvalue weighted by Gasteiger charge is 2.34. The molecule has 7 heteroatoms. The molecule has 0 aliphatic carbocycles. The Morgan fingerprint density at radius 2 is 1.93 bits per heavy atom. The standard InChI is InChI=1S/C20H23F3N2O2/c1-26-18-10-3-2-6-14(18)12-15-8-5-11-25(24)19(15)16-7-4-9-17(13-16)27-20(21,22)23/h2-4,6-7,9-10,13,15,19H,5,8,11-12,24H2,1H3. The minimum Gasteiger partial charge on any atom is -0.496 e. The summed E-state index contributed by atoms with van der Waals surface area (Å²) in [4.78, 5) is 0. The van der Waals surface area contributed by atoms with Gasteiger partial charge in [0.25, 0.3) is 0 Å².